The van der Waals surface area contributed by atoms with Crippen LogP contribution in [0.15, 0.2) is 52.9 Å². The van der Waals surface area contributed by atoms with Crippen LogP contribution in [0.2, 0.25) is 0 Å². The third-order valence-corrected chi connectivity index (χ3v) is 3.53. The van der Waals surface area contributed by atoms with Crippen LogP contribution in [-0.2, 0) is 13.0 Å². The summed E-state index contributed by atoms with van der Waals surface area (Å²) in [4.78, 5) is 0. The van der Waals surface area contributed by atoms with Crippen molar-refractivity contribution in [3.63, 3.8) is 0 Å². The highest BCUT2D eigenvalue weighted by Crippen LogP contribution is 2.22. The molecule has 22 heavy (non-hydrogen) atoms. The first-order valence-corrected chi connectivity index (χ1v) is 7.36. The topological polar surface area (TPSA) is 48.2 Å². The fourth-order valence-electron chi connectivity index (χ4n) is 2.14. The van der Waals surface area contributed by atoms with Crippen LogP contribution in [0, 0.1) is 6.92 Å². The summed E-state index contributed by atoms with van der Waals surface area (Å²) in [6.07, 6.45) is 0.741. The second-order valence-electron chi connectivity index (χ2n) is 5.09. The molecule has 0 spiro atoms. The molecule has 4 nitrogen and oxygen atoms in total. The normalized spacial score (nSPS) is 10.6. The minimum absolute atomic E-state index is 0.544. The average molecular weight is 294 g/mol. The molecule has 0 saturated heterocycles. The van der Waals surface area contributed by atoms with E-state index in [0.717, 1.165) is 17.7 Å². The fourth-order valence-corrected chi connectivity index (χ4v) is 2.14. The Morgan fingerprint density at radius 1 is 1.00 bits per heavy atom. The zero-order chi connectivity index (χ0) is 15.4. The van der Waals surface area contributed by atoms with E-state index in [0.29, 0.717) is 18.4 Å². The number of nitrogens with zero attached hydrogens (tertiary/aromatic N) is 2. The molecule has 2 aromatic carbocycles. The molecule has 0 saturated carbocycles. The number of benzene rings is 2. The van der Waals surface area contributed by atoms with Gasteiger partial charge in [-0.05, 0) is 42.3 Å². The molecular formula is C18H18N2O2. The summed E-state index contributed by atoms with van der Waals surface area (Å²) in [6, 6.07) is 15.9. The molecule has 1 heterocycles. The first-order valence-electron chi connectivity index (χ1n) is 7.36. The van der Waals surface area contributed by atoms with Gasteiger partial charge < -0.3 is 9.15 Å². The van der Waals surface area contributed by atoms with E-state index in [2.05, 4.69) is 29.3 Å². The molecule has 0 unspecified atom stereocenters. The maximum atomic E-state index is 5.82. The van der Waals surface area contributed by atoms with E-state index >= 15 is 0 Å². The molecule has 0 N–H and O–H groups in total. The highest BCUT2D eigenvalue weighted by Gasteiger charge is 2.07. The van der Waals surface area contributed by atoms with Gasteiger partial charge in [0, 0.05) is 12.0 Å². The smallest absolute Gasteiger partial charge is 0.247 e. The molecule has 0 aliphatic carbocycles. The van der Waals surface area contributed by atoms with Crippen LogP contribution in [0.25, 0.3) is 11.5 Å². The molecule has 4 heteroatoms. The summed E-state index contributed by atoms with van der Waals surface area (Å²) < 4.78 is 11.4. The predicted molar refractivity (Wildman–Crippen MR) is 84.6 cm³/mol. The SMILES string of the molecule is CCc1nnc(-c2ccc(OCc3ccccc3C)cc2)o1. The molecule has 0 aliphatic rings. The Labute approximate surface area is 129 Å². The van der Waals surface area contributed by atoms with Crippen molar-refractivity contribution in [2.24, 2.45) is 0 Å². The predicted octanol–water partition coefficient (Wildman–Crippen LogP) is 4.19. The molecule has 0 atom stereocenters. The molecule has 3 aromatic rings. The molecule has 3 rings (SSSR count). The molecule has 112 valence electrons. The van der Waals surface area contributed by atoms with E-state index < -0.39 is 0 Å². The van der Waals surface area contributed by atoms with Gasteiger partial charge in [0.15, 0.2) is 0 Å². The Morgan fingerprint density at radius 3 is 2.45 bits per heavy atom. The number of rotatable bonds is 5. The van der Waals surface area contributed by atoms with Gasteiger partial charge in [-0.1, -0.05) is 31.2 Å². The highest BCUT2D eigenvalue weighted by molar-refractivity contribution is 5.53. The summed E-state index contributed by atoms with van der Waals surface area (Å²) in [6.45, 7) is 4.63. The lowest BCUT2D eigenvalue weighted by Crippen LogP contribution is -1.97. The lowest BCUT2D eigenvalue weighted by molar-refractivity contribution is 0.305. The molecular weight excluding hydrogens is 276 g/mol. The van der Waals surface area contributed by atoms with Gasteiger partial charge in [0.2, 0.25) is 11.8 Å². The van der Waals surface area contributed by atoms with Gasteiger partial charge in [0.25, 0.3) is 0 Å². The average Bonchev–Trinajstić information content (AvgIpc) is 3.04. The van der Waals surface area contributed by atoms with Crippen LogP contribution in [0.5, 0.6) is 5.75 Å². The third kappa shape index (κ3) is 3.17. The van der Waals surface area contributed by atoms with Crippen LogP contribution in [-0.4, -0.2) is 10.2 Å². The number of ether oxygens (including phenoxy) is 1. The maximum absolute atomic E-state index is 5.82. The van der Waals surface area contributed by atoms with Gasteiger partial charge in [-0.3, -0.25) is 0 Å². The molecule has 1 aromatic heterocycles. The van der Waals surface area contributed by atoms with Crippen LogP contribution in [0.1, 0.15) is 23.9 Å². The summed E-state index contributed by atoms with van der Waals surface area (Å²) >= 11 is 0. The van der Waals surface area contributed by atoms with Crippen molar-refractivity contribution < 1.29 is 9.15 Å². The maximum Gasteiger partial charge on any atom is 0.247 e. The van der Waals surface area contributed by atoms with E-state index in [-0.39, 0.29) is 0 Å². The lowest BCUT2D eigenvalue weighted by atomic mass is 10.1. The molecule has 0 radical (unpaired) electrons. The standard InChI is InChI=1S/C18H18N2O2/c1-3-17-19-20-18(22-17)14-8-10-16(11-9-14)21-12-15-7-5-4-6-13(15)2/h4-11H,3,12H2,1-2H3. The zero-order valence-electron chi connectivity index (χ0n) is 12.7. The van der Waals surface area contributed by atoms with Crippen LogP contribution < -0.4 is 4.74 Å². The monoisotopic (exact) mass is 294 g/mol. The summed E-state index contributed by atoms with van der Waals surface area (Å²) in [5.74, 6) is 2.01. The number of aromatic nitrogens is 2. The van der Waals surface area contributed by atoms with Crippen molar-refractivity contribution >= 4 is 0 Å². The van der Waals surface area contributed by atoms with E-state index in [1.807, 2.05) is 43.3 Å². The molecule has 0 aliphatic heterocycles. The number of aryl methyl sites for hydroxylation is 2. The van der Waals surface area contributed by atoms with E-state index in [4.69, 9.17) is 9.15 Å². The van der Waals surface area contributed by atoms with Gasteiger partial charge in [0.05, 0.1) is 0 Å². The third-order valence-electron chi connectivity index (χ3n) is 3.53. The van der Waals surface area contributed by atoms with Gasteiger partial charge in [-0.25, -0.2) is 0 Å². The van der Waals surface area contributed by atoms with Crippen molar-refractivity contribution in [2.45, 2.75) is 26.9 Å². The van der Waals surface area contributed by atoms with Crippen molar-refractivity contribution in [2.75, 3.05) is 0 Å². The van der Waals surface area contributed by atoms with Crippen molar-refractivity contribution in [3.8, 4) is 17.2 Å². The Bertz CT molecular complexity index is 748. The first-order chi connectivity index (χ1) is 10.8. The van der Waals surface area contributed by atoms with Crippen LogP contribution in [0.4, 0.5) is 0 Å². The summed E-state index contributed by atoms with van der Waals surface area (Å²) in [5, 5.41) is 8.01. The van der Waals surface area contributed by atoms with Crippen molar-refractivity contribution in [1.29, 1.82) is 0 Å². The quantitative estimate of drug-likeness (QED) is 0.708. The lowest BCUT2D eigenvalue weighted by Gasteiger charge is -2.08. The summed E-state index contributed by atoms with van der Waals surface area (Å²) in [7, 11) is 0. The number of hydrogen-bond donors (Lipinski definition) is 0. The fraction of sp³-hybridized carbons (Fsp3) is 0.222. The van der Waals surface area contributed by atoms with E-state index in [1.54, 1.807) is 0 Å². The van der Waals surface area contributed by atoms with Crippen molar-refractivity contribution in [3.05, 3.63) is 65.5 Å². The van der Waals surface area contributed by atoms with Crippen molar-refractivity contribution in [1.82, 2.24) is 10.2 Å². The van der Waals surface area contributed by atoms with Crippen LogP contribution >= 0.6 is 0 Å². The van der Waals surface area contributed by atoms with Gasteiger partial charge in [-0.2, -0.15) is 0 Å². The Morgan fingerprint density at radius 2 is 1.77 bits per heavy atom. The van der Waals surface area contributed by atoms with Gasteiger partial charge >= 0.3 is 0 Å². The first kappa shape index (κ1) is 14.3. The highest BCUT2D eigenvalue weighted by atomic mass is 16.5. The largest absolute Gasteiger partial charge is 0.489 e. The minimum Gasteiger partial charge on any atom is -0.489 e. The summed E-state index contributed by atoms with van der Waals surface area (Å²) in [5.41, 5.74) is 3.32. The number of hydrogen-bond acceptors (Lipinski definition) is 4. The second kappa shape index (κ2) is 6.43. The Balaban J connectivity index is 1.68. The Kier molecular flexibility index (Phi) is 4.19. The van der Waals surface area contributed by atoms with Gasteiger partial charge in [0.1, 0.15) is 12.4 Å². The van der Waals surface area contributed by atoms with Gasteiger partial charge in [-0.15, -0.1) is 10.2 Å². The van der Waals surface area contributed by atoms with E-state index in [9.17, 15) is 0 Å². The molecule has 0 amide bonds. The van der Waals surface area contributed by atoms with Crippen LogP contribution in [0.3, 0.4) is 0 Å². The minimum atomic E-state index is 0.544. The Hall–Kier alpha value is -2.62. The second-order valence-corrected chi connectivity index (χ2v) is 5.09. The van der Waals surface area contributed by atoms with E-state index in [1.165, 1.54) is 11.1 Å². The molecule has 0 fully saturated rings. The molecule has 0 bridgehead atoms. The zero-order valence-corrected chi connectivity index (χ0v) is 12.7.